The summed E-state index contributed by atoms with van der Waals surface area (Å²) >= 11 is 0. The Morgan fingerprint density at radius 3 is 2.76 bits per heavy atom. The van der Waals surface area contributed by atoms with Gasteiger partial charge in [-0.1, -0.05) is 11.8 Å². The van der Waals surface area contributed by atoms with Gasteiger partial charge in [0.05, 0.1) is 12.1 Å². The van der Waals surface area contributed by atoms with Gasteiger partial charge in [-0.05, 0) is 18.2 Å². The summed E-state index contributed by atoms with van der Waals surface area (Å²) in [6.45, 7) is 0.392. The summed E-state index contributed by atoms with van der Waals surface area (Å²) in [7, 11) is 3.03. The third-order valence-electron chi connectivity index (χ3n) is 2.83. The molecule has 0 bridgehead atoms. The van der Waals surface area contributed by atoms with Gasteiger partial charge >= 0.3 is 0 Å². The molecule has 0 aliphatic carbocycles. The molecule has 6 heteroatoms. The van der Waals surface area contributed by atoms with Crippen LogP contribution in [-0.4, -0.2) is 43.9 Å². The number of halogens is 1. The molecular weight excluding hydrogens is 273 g/mol. The summed E-state index contributed by atoms with van der Waals surface area (Å²) in [5.74, 6) is 4.10. The van der Waals surface area contributed by atoms with E-state index in [0.29, 0.717) is 5.56 Å². The van der Waals surface area contributed by atoms with Gasteiger partial charge < -0.3 is 16.0 Å². The number of nitrogens with zero attached hydrogens (tertiary/aromatic N) is 1. The molecule has 0 spiro atoms. The molecule has 5 nitrogen and oxygen atoms in total. The van der Waals surface area contributed by atoms with Crippen LogP contribution in [0.2, 0.25) is 0 Å². The van der Waals surface area contributed by atoms with Crippen LogP contribution in [0.4, 0.5) is 4.39 Å². The average Bonchev–Trinajstić information content (AvgIpc) is 2.50. The number of benzene rings is 1. The summed E-state index contributed by atoms with van der Waals surface area (Å²) < 4.78 is 13.8. The van der Waals surface area contributed by atoms with Crippen LogP contribution in [0.25, 0.3) is 0 Å². The molecule has 1 rings (SSSR count). The van der Waals surface area contributed by atoms with Crippen LogP contribution in [0, 0.1) is 17.7 Å². The molecule has 112 valence electrons. The molecule has 1 aromatic carbocycles. The molecule has 0 saturated carbocycles. The lowest BCUT2D eigenvalue weighted by Gasteiger charge is -2.17. The van der Waals surface area contributed by atoms with Crippen LogP contribution >= 0.6 is 0 Å². The zero-order valence-corrected chi connectivity index (χ0v) is 12.1. The van der Waals surface area contributed by atoms with Crippen molar-refractivity contribution in [3.05, 3.63) is 35.1 Å². The minimum absolute atomic E-state index is 0.0711. The lowest BCUT2D eigenvalue weighted by molar-refractivity contribution is -0.120. The summed E-state index contributed by atoms with van der Waals surface area (Å²) in [5.41, 5.74) is 5.72. The summed E-state index contributed by atoms with van der Waals surface area (Å²) in [6, 6.07) is 4.07. The predicted octanol–water partition coefficient (Wildman–Crippen LogP) is 0.344. The number of hydrogen-bond acceptors (Lipinski definition) is 3. The number of nitrogens with two attached hydrogens (primary N) is 1. The molecular formula is C15H18FN3O2. The van der Waals surface area contributed by atoms with Crippen LogP contribution in [0.1, 0.15) is 22.3 Å². The number of carbonyl (C=O) groups excluding carboxylic acids is 2. The highest BCUT2D eigenvalue weighted by molar-refractivity contribution is 5.95. The lowest BCUT2D eigenvalue weighted by Crippen LogP contribution is -2.31. The second-order valence-electron chi connectivity index (χ2n) is 4.35. The van der Waals surface area contributed by atoms with Crippen molar-refractivity contribution in [2.45, 2.75) is 6.42 Å². The first-order chi connectivity index (χ1) is 9.99. The molecule has 0 saturated heterocycles. The molecule has 2 amide bonds. The van der Waals surface area contributed by atoms with E-state index < -0.39 is 11.7 Å². The molecule has 0 aliphatic heterocycles. The van der Waals surface area contributed by atoms with Crippen LogP contribution < -0.4 is 11.1 Å². The molecule has 0 aliphatic rings. The average molecular weight is 291 g/mol. The van der Waals surface area contributed by atoms with Crippen molar-refractivity contribution in [3.8, 4) is 11.8 Å². The van der Waals surface area contributed by atoms with Crippen molar-refractivity contribution in [2.24, 2.45) is 5.73 Å². The third kappa shape index (κ3) is 4.89. The predicted molar refractivity (Wildman–Crippen MR) is 78.0 cm³/mol. The normalized spacial score (nSPS) is 9.52. The molecule has 3 N–H and O–H groups in total. The van der Waals surface area contributed by atoms with E-state index in [0.717, 1.165) is 0 Å². The maximum atomic E-state index is 13.8. The van der Waals surface area contributed by atoms with Gasteiger partial charge in [0, 0.05) is 32.6 Å². The Kier molecular flexibility index (Phi) is 6.37. The molecule has 0 fully saturated rings. The smallest absolute Gasteiger partial charge is 0.256 e. The Balaban J connectivity index is 2.87. The molecule has 0 aromatic heterocycles. The van der Waals surface area contributed by atoms with E-state index in [1.165, 1.54) is 37.2 Å². The number of amides is 2. The van der Waals surface area contributed by atoms with Crippen molar-refractivity contribution in [1.29, 1.82) is 0 Å². The highest BCUT2D eigenvalue weighted by Gasteiger charge is 2.17. The molecule has 0 heterocycles. The first-order valence-electron chi connectivity index (χ1n) is 6.44. The van der Waals surface area contributed by atoms with Crippen molar-refractivity contribution in [3.63, 3.8) is 0 Å². The van der Waals surface area contributed by atoms with E-state index in [9.17, 15) is 14.0 Å². The van der Waals surface area contributed by atoms with Crippen LogP contribution in [0.5, 0.6) is 0 Å². The maximum absolute atomic E-state index is 13.8. The Bertz CT molecular complexity index is 590. The minimum Gasteiger partial charge on any atom is -0.359 e. The standard InChI is InChI=1S/C15H18FN3O2/c1-18-14(20)7-9-19(2)15(21)12-10-11(4-3-8-17)5-6-13(12)16/h5-6,10H,7-9,17H2,1-2H3,(H,18,20). The fourth-order valence-electron chi connectivity index (χ4n) is 1.62. The first kappa shape index (κ1) is 16.7. The molecule has 0 radical (unpaired) electrons. The molecule has 0 atom stereocenters. The van der Waals surface area contributed by atoms with Gasteiger partial charge in [0.2, 0.25) is 5.91 Å². The Morgan fingerprint density at radius 1 is 1.43 bits per heavy atom. The largest absolute Gasteiger partial charge is 0.359 e. The quantitative estimate of drug-likeness (QED) is 0.786. The van der Waals surface area contributed by atoms with E-state index in [1.54, 1.807) is 0 Å². The van der Waals surface area contributed by atoms with E-state index >= 15 is 0 Å². The molecule has 21 heavy (non-hydrogen) atoms. The highest BCUT2D eigenvalue weighted by Crippen LogP contribution is 2.12. The Morgan fingerprint density at radius 2 is 2.14 bits per heavy atom. The fourth-order valence-corrected chi connectivity index (χ4v) is 1.62. The van der Waals surface area contributed by atoms with Gasteiger partial charge in [0.15, 0.2) is 0 Å². The number of rotatable bonds is 4. The zero-order valence-electron chi connectivity index (χ0n) is 12.1. The second kappa shape index (κ2) is 8.02. The highest BCUT2D eigenvalue weighted by atomic mass is 19.1. The van der Waals surface area contributed by atoms with Crippen molar-refractivity contribution < 1.29 is 14.0 Å². The van der Waals surface area contributed by atoms with E-state index in [-0.39, 0.29) is 31.0 Å². The van der Waals surface area contributed by atoms with Crippen molar-refractivity contribution >= 4 is 11.8 Å². The van der Waals surface area contributed by atoms with Crippen molar-refractivity contribution in [2.75, 3.05) is 27.2 Å². The van der Waals surface area contributed by atoms with E-state index in [2.05, 4.69) is 17.2 Å². The molecule has 1 aromatic rings. The van der Waals surface area contributed by atoms with Gasteiger partial charge in [-0.15, -0.1) is 0 Å². The third-order valence-corrected chi connectivity index (χ3v) is 2.83. The summed E-state index contributed by atoms with van der Waals surface area (Å²) in [6.07, 6.45) is 0.160. The number of hydrogen-bond donors (Lipinski definition) is 2. The van der Waals surface area contributed by atoms with Gasteiger partial charge in [-0.3, -0.25) is 9.59 Å². The van der Waals surface area contributed by atoms with Gasteiger partial charge in [0.25, 0.3) is 5.91 Å². The zero-order chi connectivity index (χ0) is 15.8. The monoisotopic (exact) mass is 291 g/mol. The van der Waals surface area contributed by atoms with Gasteiger partial charge in [-0.25, -0.2) is 4.39 Å². The maximum Gasteiger partial charge on any atom is 0.256 e. The molecule has 0 unspecified atom stereocenters. The fraction of sp³-hybridized carbons (Fsp3) is 0.333. The second-order valence-corrected chi connectivity index (χ2v) is 4.35. The number of carbonyl (C=O) groups is 2. The Labute approximate surface area is 123 Å². The van der Waals surface area contributed by atoms with E-state index in [4.69, 9.17) is 5.73 Å². The van der Waals surface area contributed by atoms with Gasteiger partial charge in [-0.2, -0.15) is 0 Å². The van der Waals surface area contributed by atoms with Crippen LogP contribution in [0.3, 0.4) is 0 Å². The summed E-state index contributed by atoms with van der Waals surface area (Å²) in [5, 5.41) is 2.46. The minimum atomic E-state index is -0.620. The van der Waals surface area contributed by atoms with Crippen molar-refractivity contribution in [1.82, 2.24) is 10.2 Å². The Hall–Kier alpha value is -2.39. The van der Waals surface area contributed by atoms with Crippen LogP contribution in [-0.2, 0) is 4.79 Å². The lowest BCUT2D eigenvalue weighted by atomic mass is 10.1. The number of nitrogens with one attached hydrogen (secondary N) is 1. The van der Waals surface area contributed by atoms with E-state index in [1.807, 2.05) is 0 Å². The first-order valence-corrected chi connectivity index (χ1v) is 6.44. The van der Waals surface area contributed by atoms with Crippen LogP contribution in [0.15, 0.2) is 18.2 Å². The topological polar surface area (TPSA) is 75.4 Å². The summed E-state index contributed by atoms with van der Waals surface area (Å²) in [4.78, 5) is 24.6. The van der Waals surface area contributed by atoms with Gasteiger partial charge in [0.1, 0.15) is 5.82 Å². The SMILES string of the molecule is CNC(=O)CCN(C)C(=O)c1cc(C#CCN)ccc1F.